The van der Waals surface area contributed by atoms with Gasteiger partial charge in [-0.05, 0) is 12.5 Å². The molecule has 0 aliphatic heterocycles. The molecule has 116 valence electrons. The van der Waals surface area contributed by atoms with E-state index < -0.39 is 13.0 Å². The number of nitrogens with one attached hydrogen (secondary N) is 1. The van der Waals surface area contributed by atoms with Gasteiger partial charge < -0.3 is 15.3 Å². The summed E-state index contributed by atoms with van der Waals surface area (Å²) in [5.74, 6) is 0.828. The average Bonchev–Trinajstić information content (AvgIpc) is 2.88. The van der Waals surface area contributed by atoms with Crippen molar-refractivity contribution >= 4 is 33.3 Å². The van der Waals surface area contributed by atoms with Gasteiger partial charge in [0, 0.05) is 18.5 Å². The number of hydrogen-bond donors (Lipinski definition) is 2. The van der Waals surface area contributed by atoms with Gasteiger partial charge in [0.2, 0.25) is 5.95 Å². The molecule has 0 atom stereocenters. The summed E-state index contributed by atoms with van der Waals surface area (Å²) in [6.07, 6.45) is -1.65. The summed E-state index contributed by atoms with van der Waals surface area (Å²) in [5, 5.41) is 12.7. The molecule has 2 rings (SSSR count). The van der Waals surface area contributed by atoms with Gasteiger partial charge in [0.25, 0.3) is 6.43 Å². The SMILES string of the molecule is CCc1cc2c(N(CCO)CC(F)F)nc(NC)nc2s1. The number of aryl methyl sites for hydroxylation is 1. The second-order valence-electron chi connectivity index (χ2n) is 4.47. The average molecular weight is 316 g/mol. The lowest BCUT2D eigenvalue weighted by molar-refractivity contribution is 0.152. The topological polar surface area (TPSA) is 61.3 Å². The lowest BCUT2D eigenvalue weighted by Crippen LogP contribution is -2.32. The minimum atomic E-state index is -2.50. The largest absolute Gasteiger partial charge is 0.395 e. The number of alkyl halides is 2. The Bertz CT molecular complexity index is 605. The van der Waals surface area contributed by atoms with Crippen LogP contribution in [-0.2, 0) is 6.42 Å². The van der Waals surface area contributed by atoms with Crippen LogP contribution in [0.4, 0.5) is 20.5 Å². The molecule has 0 radical (unpaired) electrons. The fourth-order valence-electron chi connectivity index (χ4n) is 2.05. The predicted molar refractivity (Wildman–Crippen MR) is 81.6 cm³/mol. The molecule has 0 spiro atoms. The molecule has 8 heteroatoms. The highest BCUT2D eigenvalue weighted by atomic mass is 32.1. The Kier molecular flexibility index (Phi) is 5.24. The second-order valence-corrected chi connectivity index (χ2v) is 5.58. The number of rotatable bonds is 7. The van der Waals surface area contributed by atoms with Crippen molar-refractivity contribution in [1.82, 2.24) is 9.97 Å². The van der Waals surface area contributed by atoms with Crippen LogP contribution in [0.1, 0.15) is 11.8 Å². The quantitative estimate of drug-likeness (QED) is 0.821. The smallest absolute Gasteiger partial charge is 0.255 e. The van der Waals surface area contributed by atoms with E-state index in [9.17, 15) is 8.78 Å². The van der Waals surface area contributed by atoms with Gasteiger partial charge in [-0.2, -0.15) is 4.98 Å². The van der Waals surface area contributed by atoms with E-state index in [0.29, 0.717) is 11.8 Å². The van der Waals surface area contributed by atoms with E-state index in [4.69, 9.17) is 5.11 Å². The lowest BCUT2D eigenvalue weighted by Gasteiger charge is -2.23. The Morgan fingerprint density at radius 3 is 2.76 bits per heavy atom. The van der Waals surface area contributed by atoms with Crippen LogP contribution in [0.25, 0.3) is 10.2 Å². The molecule has 0 aliphatic rings. The number of aliphatic hydroxyl groups is 1. The van der Waals surface area contributed by atoms with Crippen molar-refractivity contribution in [2.24, 2.45) is 0 Å². The second kappa shape index (κ2) is 6.95. The Balaban J connectivity index is 2.54. The molecule has 0 saturated carbocycles. The van der Waals surface area contributed by atoms with E-state index in [-0.39, 0.29) is 13.2 Å². The molecule has 0 aliphatic carbocycles. The van der Waals surface area contributed by atoms with Crippen LogP contribution >= 0.6 is 11.3 Å². The molecule has 0 aromatic carbocycles. The molecule has 2 aromatic rings. The summed E-state index contributed by atoms with van der Waals surface area (Å²) in [7, 11) is 1.68. The Hall–Kier alpha value is -1.54. The van der Waals surface area contributed by atoms with Crippen molar-refractivity contribution in [3.63, 3.8) is 0 Å². The highest BCUT2D eigenvalue weighted by molar-refractivity contribution is 7.18. The normalized spacial score (nSPS) is 11.3. The third kappa shape index (κ3) is 3.56. The minimum Gasteiger partial charge on any atom is -0.395 e. The first-order valence-electron chi connectivity index (χ1n) is 6.71. The van der Waals surface area contributed by atoms with Crippen molar-refractivity contribution in [1.29, 1.82) is 0 Å². The van der Waals surface area contributed by atoms with Crippen LogP contribution in [0, 0.1) is 0 Å². The minimum absolute atomic E-state index is 0.108. The number of fused-ring (bicyclic) bond motifs is 1. The van der Waals surface area contributed by atoms with E-state index in [1.165, 1.54) is 16.2 Å². The van der Waals surface area contributed by atoms with Crippen LogP contribution < -0.4 is 10.2 Å². The van der Waals surface area contributed by atoms with Gasteiger partial charge in [-0.15, -0.1) is 11.3 Å². The van der Waals surface area contributed by atoms with Crippen molar-refractivity contribution in [2.45, 2.75) is 19.8 Å². The zero-order valence-electron chi connectivity index (χ0n) is 11.9. The zero-order chi connectivity index (χ0) is 15.4. The number of aliphatic hydroxyl groups excluding tert-OH is 1. The van der Waals surface area contributed by atoms with E-state index in [2.05, 4.69) is 15.3 Å². The third-order valence-corrected chi connectivity index (χ3v) is 4.20. The van der Waals surface area contributed by atoms with Crippen LogP contribution in [-0.4, -0.2) is 48.2 Å². The predicted octanol–water partition coefficient (Wildman–Crippen LogP) is 2.36. The first-order chi connectivity index (χ1) is 10.1. The van der Waals surface area contributed by atoms with Gasteiger partial charge in [0.1, 0.15) is 10.6 Å². The van der Waals surface area contributed by atoms with E-state index >= 15 is 0 Å². The van der Waals surface area contributed by atoms with Gasteiger partial charge in [0.05, 0.1) is 18.5 Å². The molecule has 0 saturated heterocycles. The van der Waals surface area contributed by atoms with E-state index in [1.54, 1.807) is 7.05 Å². The van der Waals surface area contributed by atoms with Crippen molar-refractivity contribution in [2.75, 3.05) is 37.0 Å². The van der Waals surface area contributed by atoms with E-state index in [0.717, 1.165) is 21.5 Å². The van der Waals surface area contributed by atoms with Crippen LogP contribution in [0.2, 0.25) is 0 Å². The summed E-state index contributed by atoms with van der Waals surface area (Å²) in [6.45, 7) is 1.46. The van der Waals surface area contributed by atoms with Gasteiger partial charge >= 0.3 is 0 Å². The maximum Gasteiger partial charge on any atom is 0.255 e. The molecular weight excluding hydrogens is 298 g/mol. The fourth-order valence-corrected chi connectivity index (χ4v) is 3.02. The number of anilines is 2. The number of aromatic nitrogens is 2. The molecule has 21 heavy (non-hydrogen) atoms. The zero-order valence-corrected chi connectivity index (χ0v) is 12.8. The molecule has 0 fully saturated rings. The summed E-state index contributed by atoms with van der Waals surface area (Å²) in [4.78, 5) is 12.0. The molecular formula is C13H18F2N4OS. The van der Waals surface area contributed by atoms with Gasteiger partial charge in [-0.1, -0.05) is 6.92 Å². The molecule has 2 aromatic heterocycles. The summed E-state index contributed by atoms with van der Waals surface area (Å²) in [6, 6.07) is 1.94. The molecule has 5 nitrogen and oxygen atoms in total. The highest BCUT2D eigenvalue weighted by Gasteiger charge is 2.19. The highest BCUT2D eigenvalue weighted by Crippen LogP contribution is 2.32. The molecule has 0 amide bonds. The van der Waals surface area contributed by atoms with Crippen molar-refractivity contribution in [3.8, 4) is 0 Å². The van der Waals surface area contributed by atoms with Gasteiger partial charge in [-0.3, -0.25) is 0 Å². The molecule has 2 heterocycles. The summed E-state index contributed by atoms with van der Waals surface area (Å²) >= 11 is 1.53. The maximum atomic E-state index is 12.8. The number of thiophene rings is 1. The van der Waals surface area contributed by atoms with Crippen LogP contribution in [0.15, 0.2) is 6.07 Å². The number of halogens is 2. The molecule has 0 bridgehead atoms. The molecule has 0 unspecified atom stereocenters. The van der Waals surface area contributed by atoms with Gasteiger partial charge in [-0.25, -0.2) is 13.8 Å². The van der Waals surface area contributed by atoms with Crippen molar-refractivity contribution in [3.05, 3.63) is 10.9 Å². The standard InChI is InChI=1S/C13H18F2N4OS/c1-3-8-6-9-11(19(4-5-20)7-10(14)15)17-13(16-2)18-12(9)21-8/h6,10,20H,3-5,7H2,1-2H3,(H,16,17,18). The number of hydrogen-bond acceptors (Lipinski definition) is 6. The summed E-state index contributed by atoms with van der Waals surface area (Å²) < 4.78 is 25.5. The van der Waals surface area contributed by atoms with Crippen molar-refractivity contribution < 1.29 is 13.9 Å². The Morgan fingerprint density at radius 2 is 2.19 bits per heavy atom. The first kappa shape index (κ1) is 15.8. The number of nitrogens with zero attached hydrogens (tertiary/aromatic N) is 3. The fraction of sp³-hybridized carbons (Fsp3) is 0.538. The summed E-state index contributed by atoms with van der Waals surface area (Å²) in [5.41, 5.74) is 0. The van der Waals surface area contributed by atoms with Crippen LogP contribution in [0.5, 0.6) is 0 Å². The first-order valence-corrected chi connectivity index (χ1v) is 7.52. The molecule has 2 N–H and O–H groups in total. The Labute approximate surface area is 125 Å². The van der Waals surface area contributed by atoms with Crippen LogP contribution in [0.3, 0.4) is 0 Å². The van der Waals surface area contributed by atoms with E-state index in [1.807, 2.05) is 13.0 Å². The maximum absolute atomic E-state index is 12.8. The monoisotopic (exact) mass is 316 g/mol. The Morgan fingerprint density at radius 1 is 1.43 bits per heavy atom. The van der Waals surface area contributed by atoms with Gasteiger partial charge in [0.15, 0.2) is 0 Å². The lowest BCUT2D eigenvalue weighted by atomic mass is 10.3. The third-order valence-electron chi connectivity index (χ3n) is 3.02.